The smallest absolute Gasteiger partial charge is 0.407 e. The van der Waals surface area contributed by atoms with Crippen LogP contribution in [0, 0.1) is 0 Å². The van der Waals surface area contributed by atoms with Crippen molar-refractivity contribution in [1.29, 1.82) is 0 Å². The molecule has 0 heterocycles. The third-order valence-corrected chi connectivity index (χ3v) is 5.64. The van der Waals surface area contributed by atoms with Gasteiger partial charge in [0.1, 0.15) is 11.2 Å². The van der Waals surface area contributed by atoms with Gasteiger partial charge in [-0.1, -0.05) is 68.9 Å². The number of nitrogens with zero attached hydrogens (tertiary/aromatic N) is 1. The van der Waals surface area contributed by atoms with Crippen LogP contribution in [-0.2, 0) is 16.0 Å². The van der Waals surface area contributed by atoms with Gasteiger partial charge in [0.15, 0.2) is 0 Å². The standard InChI is InChI=1S/C30H53N3O4/c1-29(2,3)36-27(34)31-21-16-11-9-7-8-10-12-17-23-33(25-26-19-14-13-15-20-26)24-18-22-32-28(35)37-30(4,5)6/h13-15,19-20H,7-12,16-18,21-25H2,1-6H3,(H,31,34)(H,32,35). The van der Waals surface area contributed by atoms with Crippen LogP contribution in [0.4, 0.5) is 9.59 Å². The number of hydrogen-bond acceptors (Lipinski definition) is 5. The summed E-state index contributed by atoms with van der Waals surface area (Å²) in [7, 11) is 0. The van der Waals surface area contributed by atoms with E-state index in [1.165, 1.54) is 44.1 Å². The van der Waals surface area contributed by atoms with E-state index in [9.17, 15) is 9.59 Å². The highest BCUT2D eigenvalue weighted by molar-refractivity contribution is 5.67. The maximum Gasteiger partial charge on any atom is 0.407 e. The van der Waals surface area contributed by atoms with Crippen LogP contribution in [0.1, 0.15) is 105 Å². The van der Waals surface area contributed by atoms with Gasteiger partial charge in [0.2, 0.25) is 0 Å². The first-order valence-electron chi connectivity index (χ1n) is 14.1. The molecule has 0 aliphatic carbocycles. The first-order chi connectivity index (χ1) is 17.4. The highest BCUT2D eigenvalue weighted by atomic mass is 16.6. The lowest BCUT2D eigenvalue weighted by Crippen LogP contribution is -2.34. The van der Waals surface area contributed by atoms with Crippen molar-refractivity contribution < 1.29 is 19.1 Å². The Hall–Kier alpha value is -2.28. The SMILES string of the molecule is CC(C)(C)OC(=O)NCCCCCCCCCCN(CCCNC(=O)OC(C)(C)C)Cc1ccccc1. The van der Waals surface area contributed by atoms with E-state index in [2.05, 4.69) is 45.9 Å². The van der Waals surface area contributed by atoms with E-state index in [1.807, 2.05) is 41.5 Å². The zero-order valence-corrected chi connectivity index (χ0v) is 24.4. The molecule has 0 spiro atoms. The number of alkyl carbamates (subject to hydrolysis) is 2. The summed E-state index contributed by atoms with van der Waals surface area (Å²) in [4.78, 5) is 26.0. The molecule has 0 unspecified atom stereocenters. The van der Waals surface area contributed by atoms with E-state index in [4.69, 9.17) is 9.47 Å². The third kappa shape index (κ3) is 20.5. The Morgan fingerprint density at radius 3 is 1.59 bits per heavy atom. The number of benzene rings is 1. The number of hydrogen-bond donors (Lipinski definition) is 2. The molecule has 7 heteroatoms. The Bertz CT molecular complexity index is 741. The molecular weight excluding hydrogens is 466 g/mol. The van der Waals surface area contributed by atoms with E-state index in [0.717, 1.165) is 38.9 Å². The van der Waals surface area contributed by atoms with E-state index in [0.29, 0.717) is 13.1 Å². The van der Waals surface area contributed by atoms with E-state index in [-0.39, 0.29) is 12.2 Å². The summed E-state index contributed by atoms with van der Waals surface area (Å²) in [6.45, 7) is 15.5. The molecular formula is C30H53N3O4. The molecule has 1 aromatic carbocycles. The number of nitrogens with one attached hydrogen (secondary N) is 2. The predicted octanol–water partition coefficient (Wildman–Crippen LogP) is 7.05. The first-order valence-corrected chi connectivity index (χ1v) is 14.1. The number of amides is 2. The number of carbonyl (C=O) groups is 2. The molecule has 1 rings (SSSR count). The van der Waals surface area contributed by atoms with Crippen molar-refractivity contribution in [3.63, 3.8) is 0 Å². The maximum absolute atomic E-state index is 11.9. The fourth-order valence-corrected chi connectivity index (χ4v) is 3.94. The second kappa shape index (κ2) is 18.1. The Morgan fingerprint density at radius 1 is 0.649 bits per heavy atom. The van der Waals surface area contributed by atoms with Gasteiger partial charge in [0.25, 0.3) is 0 Å². The molecule has 0 saturated heterocycles. The minimum Gasteiger partial charge on any atom is -0.444 e. The van der Waals surface area contributed by atoms with Crippen molar-refractivity contribution in [2.24, 2.45) is 0 Å². The zero-order chi connectivity index (χ0) is 27.6. The van der Waals surface area contributed by atoms with Crippen LogP contribution in [-0.4, -0.2) is 54.5 Å². The van der Waals surface area contributed by atoms with Crippen molar-refractivity contribution >= 4 is 12.2 Å². The molecule has 37 heavy (non-hydrogen) atoms. The normalized spacial score (nSPS) is 11.9. The van der Waals surface area contributed by atoms with Crippen LogP contribution in [0.25, 0.3) is 0 Å². The topological polar surface area (TPSA) is 79.9 Å². The summed E-state index contributed by atoms with van der Waals surface area (Å²) >= 11 is 0. The number of rotatable bonds is 17. The van der Waals surface area contributed by atoms with Gasteiger partial charge >= 0.3 is 12.2 Å². The van der Waals surface area contributed by atoms with Crippen LogP contribution in [0.2, 0.25) is 0 Å². The van der Waals surface area contributed by atoms with Crippen molar-refractivity contribution in [1.82, 2.24) is 15.5 Å². The van der Waals surface area contributed by atoms with Crippen LogP contribution in [0.15, 0.2) is 30.3 Å². The van der Waals surface area contributed by atoms with Crippen molar-refractivity contribution in [2.45, 2.75) is 117 Å². The Kier molecular flexibility index (Phi) is 16.0. The van der Waals surface area contributed by atoms with Gasteiger partial charge in [-0.25, -0.2) is 9.59 Å². The van der Waals surface area contributed by atoms with Gasteiger partial charge < -0.3 is 20.1 Å². The number of carbonyl (C=O) groups excluding carboxylic acids is 2. The second-order valence-electron chi connectivity index (χ2n) is 11.8. The molecule has 212 valence electrons. The largest absolute Gasteiger partial charge is 0.444 e. The lowest BCUT2D eigenvalue weighted by atomic mass is 10.1. The molecule has 0 aliphatic heterocycles. The Morgan fingerprint density at radius 2 is 1.08 bits per heavy atom. The molecule has 0 fully saturated rings. The van der Waals surface area contributed by atoms with Crippen molar-refractivity contribution in [3.05, 3.63) is 35.9 Å². The number of unbranched alkanes of at least 4 members (excludes halogenated alkanes) is 7. The van der Waals surface area contributed by atoms with Gasteiger partial charge in [-0.3, -0.25) is 4.90 Å². The first kappa shape index (κ1) is 32.7. The second-order valence-corrected chi connectivity index (χ2v) is 11.8. The van der Waals surface area contributed by atoms with Crippen LogP contribution in [0.5, 0.6) is 0 Å². The van der Waals surface area contributed by atoms with Gasteiger partial charge in [0, 0.05) is 26.2 Å². The maximum atomic E-state index is 11.9. The molecule has 0 bridgehead atoms. The van der Waals surface area contributed by atoms with Gasteiger partial charge in [-0.15, -0.1) is 0 Å². The molecule has 2 amide bonds. The minimum absolute atomic E-state index is 0.326. The lowest BCUT2D eigenvalue weighted by Gasteiger charge is -2.23. The molecule has 2 N–H and O–H groups in total. The van der Waals surface area contributed by atoms with Crippen LogP contribution in [0.3, 0.4) is 0 Å². The monoisotopic (exact) mass is 519 g/mol. The molecule has 1 aromatic rings. The highest BCUT2D eigenvalue weighted by Crippen LogP contribution is 2.12. The molecule has 0 aliphatic rings. The molecule has 0 aromatic heterocycles. The molecule has 0 saturated carbocycles. The van der Waals surface area contributed by atoms with Crippen LogP contribution < -0.4 is 10.6 Å². The van der Waals surface area contributed by atoms with Crippen molar-refractivity contribution in [2.75, 3.05) is 26.2 Å². The van der Waals surface area contributed by atoms with Gasteiger partial charge in [-0.2, -0.15) is 0 Å². The summed E-state index contributed by atoms with van der Waals surface area (Å²) in [5, 5.41) is 5.69. The highest BCUT2D eigenvalue weighted by Gasteiger charge is 2.16. The Balaban J connectivity index is 2.16. The number of ether oxygens (including phenoxy) is 2. The van der Waals surface area contributed by atoms with Crippen LogP contribution >= 0.6 is 0 Å². The summed E-state index contributed by atoms with van der Waals surface area (Å²) < 4.78 is 10.6. The Labute approximate surface area is 226 Å². The van der Waals surface area contributed by atoms with Gasteiger partial charge in [-0.05, 0) is 72.9 Å². The fourth-order valence-electron chi connectivity index (χ4n) is 3.94. The molecule has 0 radical (unpaired) electrons. The molecule has 0 atom stereocenters. The van der Waals surface area contributed by atoms with E-state index >= 15 is 0 Å². The minimum atomic E-state index is -0.470. The van der Waals surface area contributed by atoms with E-state index in [1.54, 1.807) is 0 Å². The van der Waals surface area contributed by atoms with E-state index < -0.39 is 11.2 Å². The lowest BCUT2D eigenvalue weighted by molar-refractivity contribution is 0.0514. The van der Waals surface area contributed by atoms with Crippen molar-refractivity contribution in [3.8, 4) is 0 Å². The summed E-state index contributed by atoms with van der Waals surface area (Å²) in [5.41, 5.74) is 0.410. The predicted molar refractivity (Wildman–Crippen MR) is 152 cm³/mol. The summed E-state index contributed by atoms with van der Waals surface area (Å²) in [5.74, 6) is 0. The van der Waals surface area contributed by atoms with Gasteiger partial charge in [0.05, 0.1) is 0 Å². The summed E-state index contributed by atoms with van der Waals surface area (Å²) in [6.07, 6.45) is 9.76. The third-order valence-electron chi connectivity index (χ3n) is 5.64. The average Bonchev–Trinajstić information content (AvgIpc) is 2.78. The average molecular weight is 520 g/mol. The zero-order valence-electron chi connectivity index (χ0n) is 24.4. The molecule has 7 nitrogen and oxygen atoms in total. The summed E-state index contributed by atoms with van der Waals surface area (Å²) in [6, 6.07) is 10.6. The quantitative estimate of drug-likeness (QED) is 0.216. The fraction of sp³-hybridized carbons (Fsp3) is 0.733.